The Hall–Kier alpha value is -1.96. The summed E-state index contributed by atoms with van der Waals surface area (Å²) in [6.07, 6.45) is 0. The van der Waals surface area contributed by atoms with Crippen molar-refractivity contribution in [2.45, 2.75) is 17.1 Å². The third-order valence-electron chi connectivity index (χ3n) is 2.18. The van der Waals surface area contributed by atoms with Crippen molar-refractivity contribution in [3.8, 4) is 5.88 Å². The molecule has 0 aliphatic heterocycles. The van der Waals surface area contributed by atoms with Gasteiger partial charge in [-0.25, -0.2) is 14.9 Å². The molecule has 0 aliphatic rings. The summed E-state index contributed by atoms with van der Waals surface area (Å²) in [7, 11) is 1.63. The van der Waals surface area contributed by atoms with Gasteiger partial charge in [-0.3, -0.25) is 4.57 Å². The molecule has 2 rings (SSSR count). The van der Waals surface area contributed by atoms with Gasteiger partial charge in [-0.05, 0) is 30.8 Å². The van der Waals surface area contributed by atoms with Crippen molar-refractivity contribution >= 4 is 17.4 Å². The van der Waals surface area contributed by atoms with Crippen LogP contribution in [0.2, 0.25) is 0 Å². The van der Waals surface area contributed by atoms with Crippen LogP contribution >= 0.6 is 11.8 Å². The van der Waals surface area contributed by atoms with E-state index in [0.29, 0.717) is 28.4 Å². The first-order valence-electron chi connectivity index (χ1n) is 5.30. The maximum atomic E-state index is 11.2. The van der Waals surface area contributed by atoms with Crippen LogP contribution in [-0.2, 0) is 7.05 Å². The van der Waals surface area contributed by atoms with E-state index in [0.717, 1.165) is 0 Å². The summed E-state index contributed by atoms with van der Waals surface area (Å²) in [5, 5.41) is 7.44. The molecule has 0 bridgehead atoms. The maximum absolute atomic E-state index is 11.2. The number of aromatic nitrogens is 4. The number of nitrogen functional groups attached to an aromatic ring is 1. The Morgan fingerprint density at radius 1 is 1.56 bits per heavy atom. The summed E-state index contributed by atoms with van der Waals surface area (Å²) in [4.78, 5) is 15.5. The van der Waals surface area contributed by atoms with Gasteiger partial charge in [0.1, 0.15) is 5.03 Å². The summed E-state index contributed by atoms with van der Waals surface area (Å²) < 4.78 is 6.71. The highest BCUT2D eigenvalue weighted by Gasteiger charge is 2.09. The van der Waals surface area contributed by atoms with E-state index in [4.69, 9.17) is 10.5 Å². The maximum Gasteiger partial charge on any atom is 0.343 e. The zero-order valence-electron chi connectivity index (χ0n) is 10.0. The van der Waals surface area contributed by atoms with Crippen LogP contribution in [0.15, 0.2) is 27.1 Å². The number of anilines is 1. The third-order valence-corrected chi connectivity index (χ3v) is 3.16. The topological polar surface area (TPSA) is 98.8 Å². The molecule has 0 radical (unpaired) electrons. The number of nitrogens with one attached hydrogen (secondary N) is 1. The Balaban J connectivity index is 2.27. The lowest BCUT2D eigenvalue weighted by atomic mass is 10.4. The molecule has 0 aliphatic carbocycles. The van der Waals surface area contributed by atoms with Crippen molar-refractivity contribution in [3.05, 3.63) is 22.6 Å². The number of ether oxygens (including phenoxy) is 1. The van der Waals surface area contributed by atoms with Crippen molar-refractivity contribution in [1.82, 2.24) is 19.7 Å². The molecule has 18 heavy (non-hydrogen) atoms. The van der Waals surface area contributed by atoms with E-state index in [1.165, 1.54) is 16.3 Å². The highest BCUT2D eigenvalue weighted by atomic mass is 32.2. The molecule has 2 aromatic rings. The SMILES string of the molecule is CCOc1nc(Sc2n[nH]c(=O)n2C)ccc1N. The monoisotopic (exact) mass is 267 g/mol. The molecule has 0 fully saturated rings. The first-order valence-corrected chi connectivity index (χ1v) is 6.12. The van der Waals surface area contributed by atoms with Crippen molar-refractivity contribution in [3.63, 3.8) is 0 Å². The average Bonchev–Trinajstić information content (AvgIpc) is 2.66. The number of H-pyrrole nitrogens is 1. The van der Waals surface area contributed by atoms with Crippen LogP contribution in [0.5, 0.6) is 5.88 Å². The van der Waals surface area contributed by atoms with Gasteiger partial charge in [0.05, 0.1) is 12.3 Å². The summed E-state index contributed by atoms with van der Waals surface area (Å²) in [6, 6.07) is 3.47. The zero-order valence-corrected chi connectivity index (χ0v) is 10.8. The molecule has 0 saturated carbocycles. The van der Waals surface area contributed by atoms with E-state index >= 15 is 0 Å². The fourth-order valence-electron chi connectivity index (χ4n) is 1.26. The highest BCUT2D eigenvalue weighted by molar-refractivity contribution is 7.99. The summed E-state index contributed by atoms with van der Waals surface area (Å²) in [6.45, 7) is 2.35. The van der Waals surface area contributed by atoms with Crippen LogP contribution in [-0.4, -0.2) is 26.4 Å². The van der Waals surface area contributed by atoms with Gasteiger partial charge >= 0.3 is 5.69 Å². The number of nitrogens with zero attached hydrogens (tertiary/aromatic N) is 3. The second-order valence-electron chi connectivity index (χ2n) is 3.45. The van der Waals surface area contributed by atoms with Gasteiger partial charge in [-0.2, -0.15) is 0 Å². The number of hydrogen-bond acceptors (Lipinski definition) is 6. The third kappa shape index (κ3) is 2.48. The van der Waals surface area contributed by atoms with Gasteiger partial charge in [-0.1, -0.05) is 0 Å². The standard InChI is InChI=1S/C10H13N5O2S/c1-3-17-8-6(11)4-5-7(12-8)18-10-14-13-9(16)15(10)2/h4-5H,3,11H2,1-2H3,(H,13,16). The minimum absolute atomic E-state index is 0.266. The molecular weight excluding hydrogens is 254 g/mol. The molecule has 8 heteroatoms. The number of rotatable bonds is 4. The van der Waals surface area contributed by atoms with Crippen LogP contribution in [0.4, 0.5) is 5.69 Å². The molecule has 96 valence electrons. The van der Waals surface area contributed by atoms with Crippen LogP contribution in [0.1, 0.15) is 6.92 Å². The molecule has 7 nitrogen and oxygen atoms in total. The predicted molar refractivity (Wildman–Crippen MR) is 67.8 cm³/mol. The van der Waals surface area contributed by atoms with Gasteiger partial charge in [0.25, 0.3) is 0 Å². The molecule has 0 unspecified atom stereocenters. The average molecular weight is 267 g/mol. The largest absolute Gasteiger partial charge is 0.476 e. The Morgan fingerprint density at radius 2 is 2.33 bits per heavy atom. The van der Waals surface area contributed by atoms with E-state index in [-0.39, 0.29) is 5.69 Å². The van der Waals surface area contributed by atoms with Gasteiger partial charge in [-0.15, -0.1) is 5.10 Å². The zero-order chi connectivity index (χ0) is 13.1. The van der Waals surface area contributed by atoms with E-state index in [9.17, 15) is 4.79 Å². The minimum atomic E-state index is -0.266. The van der Waals surface area contributed by atoms with Crippen LogP contribution in [0.3, 0.4) is 0 Å². The quantitative estimate of drug-likeness (QED) is 0.843. The van der Waals surface area contributed by atoms with E-state index in [2.05, 4.69) is 15.2 Å². The van der Waals surface area contributed by atoms with Gasteiger partial charge in [0, 0.05) is 7.05 Å². The van der Waals surface area contributed by atoms with E-state index in [1.54, 1.807) is 19.2 Å². The van der Waals surface area contributed by atoms with Gasteiger partial charge in [0.15, 0.2) is 5.16 Å². The van der Waals surface area contributed by atoms with Crippen molar-refractivity contribution in [2.24, 2.45) is 7.05 Å². The van der Waals surface area contributed by atoms with Crippen LogP contribution in [0, 0.1) is 0 Å². The molecule has 0 atom stereocenters. The van der Waals surface area contributed by atoms with Gasteiger partial charge < -0.3 is 10.5 Å². The molecule has 0 saturated heterocycles. The fourth-order valence-corrected chi connectivity index (χ4v) is 2.02. The second kappa shape index (κ2) is 5.13. The van der Waals surface area contributed by atoms with Crippen LogP contribution in [0.25, 0.3) is 0 Å². The Kier molecular flexibility index (Phi) is 3.56. The highest BCUT2D eigenvalue weighted by Crippen LogP contribution is 2.27. The van der Waals surface area contributed by atoms with E-state index < -0.39 is 0 Å². The lowest BCUT2D eigenvalue weighted by molar-refractivity contribution is 0.326. The number of pyridine rings is 1. The van der Waals surface area contributed by atoms with Crippen LogP contribution < -0.4 is 16.2 Å². The summed E-state index contributed by atoms with van der Waals surface area (Å²) in [5.41, 5.74) is 5.95. The first kappa shape index (κ1) is 12.5. The Bertz CT molecular complexity index is 607. The molecule has 0 spiro atoms. The summed E-state index contributed by atoms with van der Waals surface area (Å²) >= 11 is 1.26. The minimum Gasteiger partial charge on any atom is -0.476 e. The molecule has 3 N–H and O–H groups in total. The second-order valence-corrected chi connectivity index (χ2v) is 4.44. The van der Waals surface area contributed by atoms with Crippen molar-refractivity contribution < 1.29 is 4.74 Å². The molecular formula is C10H13N5O2S. The summed E-state index contributed by atoms with van der Waals surface area (Å²) in [5.74, 6) is 0.392. The smallest absolute Gasteiger partial charge is 0.343 e. The predicted octanol–water partition coefficient (Wildman–Crippen LogP) is 0.636. The van der Waals surface area contributed by atoms with Crippen molar-refractivity contribution in [1.29, 1.82) is 0 Å². The number of hydrogen-bond donors (Lipinski definition) is 2. The fraction of sp³-hybridized carbons (Fsp3) is 0.300. The normalized spacial score (nSPS) is 10.6. The molecule has 0 amide bonds. The number of nitrogens with two attached hydrogens (primary N) is 1. The number of aromatic amines is 1. The Labute approximate surface area is 107 Å². The van der Waals surface area contributed by atoms with Gasteiger partial charge in [0.2, 0.25) is 5.88 Å². The van der Waals surface area contributed by atoms with Crippen molar-refractivity contribution in [2.75, 3.05) is 12.3 Å². The van der Waals surface area contributed by atoms with E-state index in [1.807, 2.05) is 6.92 Å². The molecule has 0 aromatic carbocycles. The molecule has 2 heterocycles. The lowest BCUT2D eigenvalue weighted by Crippen LogP contribution is -2.12. The Morgan fingerprint density at radius 3 is 2.94 bits per heavy atom. The first-order chi connectivity index (χ1) is 8.61. The lowest BCUT2D eigenvalue weighted by Gasteiger charge is -2.07. The molecule has 2 aromatic heterocycles.